The fourth-order valence-corrected chi connectivity index (χ4v) is 3.03. The van der Waals surface area contributed by atoms with Crippen LogP contribution in [-0.4, -0.2) is 10.9 Å². The molecule has 0 heterocycles. The van der Waals surface area contributed by atoms with Crippen LogP contribution >= 0.6 is 15.9 Å². The topological polar surface area (TPSA) is 37.3 Å². The van der Waals surface area contributed by atoms with Crippen LogP contribution in [0.3, 0.4) is 0 Å². The van der Waals surface area contributed by atoms with Gasteiger partial charge in [0.05, 0.1) is 4.47 Å². The van der Waals surface area contributed by atoms with Crippen LogP contribution < -0.4 is 0 Å². The number of hydrogen-bond donors (Lipinski definition) is 1. The summed E-state index contributed by atoms with van der Waals surface area (Å²) in [6.45, 7) is 3.69. The Bertz CT molecular complexity index is 717. The first-order valence-electron chi connectivity index (χ1n) is 5.94. The highest BCUT2D eigenvalue weighted by Crippen LogP contribution is 2.44. The lowest BCUT2D eigenvalue weighted by Crippen LogP contribution is -2.01. The highest BCUT2D eigenvalue weighted by atomic mass is 79.9. The van der Waals surface area contributed by atoms with Gasteiger partial charge in [-0.2, -0.15) is 0 Å². The van der Waals surface area contributed by atoms with Gasteiger partial charge in [0.15, 0.2) is 5.78 Å². The number of fused-ring (bicyclic) bond motifs is 3. The number of carbonyl (C=O) groups excluding carboxylic acids is 1. The van der Waals surface area contributed by atoms with Crippen LogP contribution in [0.4, 0.5) is 0 Å². The Morgan fingerprint density at radius 3 is 2.58 bits per heavy atom. The van der Waals surface area contributed by atoms with Gasteiger partial charge in [0.2, 0.25) is 0 Å². The second-order valence-electron chi connectivity index (χ2n) is 4.48. The largest absolute Gasteiger partial charge is 0.506 e. The fourth-order valence-electron chi connectivity index (χ4n) is 2.56. The normalized spacial score (nSPS) is 12.2. The average molecular weight is 315 g/mol. The number of phenolic OH excluding ortho intramolecular Hbond substituents is 1. The van der Waals surface area contributed by atoms with Gasteiger partial charge in [-0.1, -0.05) is 30.3 Å². The molecular weight excluding hydrogens is 304 g/mol. The highest BCUT2D eigenvalue weighted by Gasteiger charge is 2.30. The third-order valence-corrected chi connectivity index (χ3v) is 4.00. The van der Waals surface area contributed by atoms with E-state index in [2.05, 4.69) is 22.5 Å². The number of allylic oxidation sites excluding steroid dienone is 1. The molecule has 2 nitrogen and oxygen atoms in total. The number of ketones is 1. The summed E-state index contributed by atoms with van der Waals surface area (Å²) in [6.07, 6.45) is 2.16. The molecule has 1 N–H and O–H groups in total. The third-order valence-electron chi connectivity index (χ3n) is 3.39. The first-order chi connectivity index (χ1) is 9.15. The standard InChI is InChI=1S/C16H11BrO2/c1-2-5-11-14-12(8-13(17)15(11)18)9-6-3-4-7-10(9)16(14)19/h2-4,6-8,18H,1,5H2. The summed E-state index contributed by atoms with van der Waals surface area (Å²) in [5.41, 5.74) is 3.73. The molecule has 0 radical (unpaired) electrons. The van der Waals surface area contributed by atoms with E-state index in [1.54, 1.807) is 12.1 Å². The molecule has 0 saturated heterocycles. The van der Waals surface area contributed by atoms with E-state index in [-0.39, 0.29) is 11.5 Å². The summed E-state index contributed by atoms with van der Waals surface area (Å²) in [6, 6.07) is 9.32. The van der Waals surface area contributed by atoms with Crippen LogP contribution in [0.5, 0.6) is 5.75 Å². The molecule has 0 atom stereocenters. The number of phenols is 1. The Morgan fingerprint density at radius 2 is 1.89 bits per heavy atom. The van der Waals surface area contributed by atoms with Crippen LogP contribution in [0.15, 0.2) is 47.5 Å². The maximum absolute atomic E-state index is 12.5. The van der Waals surface area contributed by atoms with Gasteiger partial charge in [-0.05, 0) is 39.5 Å². The van der Waals surface area contributed by atoms with Gasteiger partial charge in [0.25, 0.3) is 0 Å². The lowest BCUT2D eigenvalue weighted by Gasteiger charge is -2.10. The number of halogens is 1. The SMILES string of the molecule is C=CCc1c(O)c(Br)cc2c1C(=O)c1ccccc1-2. The van der Waals surface area contributed by atoms with Crippen molar-refractivity contribution in [2.75, 3.05) is 0 Å². The van der Waals surface area contributed by atoms with Crippen molar-refractivity contribution in [2.24, 2.45) is 0 Å². The monoisotopic (exact) mass is 314 g/mol. The number of carbonyl (C=O) groups is 1. The van der Waals surface area contributed by atoms with E-state index in [4.69, 9.17) is 0 Å². The van der Waals surface area contributed by atoms with Crippen LogP contribution in [0.2, 0.25) is 0 Å². The minimum Gasteiger partial charge on any atom is -0.506 e. The summed E-state index contributed by atoms with van der Waals surface area (Å²) in [7, 11) is 0. The second kappa shape index (κ2) is 4.35. The summed E-state index contributed by atoms with van der Waals surface area (Å²) >= 11 is 3.35. The summed E-state index contributed by atoms with van der Waals surface area (Å²) in [5, 5.41) is 10.1. The first-order valence-corrected chi connectivity index (χ1v) is 6.73. The van der Waals surface area contributed by atoms with Crippen molar-refractivity contribution in [3.63, 3.8) is 0 Å². The van der Waals surface area contributed by atoms with Crippen molar-refractivity contribution in [1.29, 1.82) is 0 Å². The van der Waals surface area contributed by atoms with Gasteiger partial charge in [-0.15, -0.1) is 6.58 Å². The number of aromatic hydroxyl groups is 1. The third kappa shape index (κ3) is 1.65. The molecule has 94 valence electrons. The molecule has 1 aliphatic rings. The van der Waals surface area contributed by atoms with Crippen LogP contribution in [0.1, 0.15) is 21.5 Å². The van der Waals surface area contributed by atoms with Gasteiger partial charge in [-0.3, -0.25) is 4.79 Å². The molecule has 0 unspecified atom stereocenters. The highest BCUT2D eigenvalue weighted by molar-refractivity contribution is 9.10. The number of benzene rings is 2. The Labute approximate surface area is 119 Å². The summed E-state index contributed by atoms with van der Waals surface area (Å²) < 4.78 is 0.604. The Kier molecular flexibility index (Phi) is 2.79. The van der Waals surface area contributed by atoms with Gasteiger partial charge in [0.1, 0.15) is 5.75 Å². The summed E-state index contributed by atoms with van der Waals surface area (Å²) in [4.78, 5) is 12.5. The Balaban J connectivity index is 2.38. The maximum atomic E-state index is 12.5. The molecule has 0 amide bonds. The molecule has 2 aromatic rings. The number of rotatable bonds is 2. The van der Waals surface area contributed by atoms with E-state index in [9.17, 15) is 9.90 Å². The predicted molar refractivity (Wildman–Crippen MR) is 78.6 cm³/mol. The molecule has 0 fully saturated rings. The quantitative estimate of drug-likeness (QED) is 0.723. The molecule has 1 aliphatic carbocycles. The minimum atomic E-state index is -0.0229. The van der Waals surface area contributed by atoms with Crippen molar-refractivity contribution in [3.8, 4) is 16.9 Å². The van der Waals surface area contributed by atoms with Gasteiger partial charge >= 0.3 is 0 Å². The van der Waals surface area contributed by atoms with Crippen LogP contribution in [0.25, 0.3) is 11.1 Å². The van der Waals surface area contributed by atoms with E-state index in [1.165, 1.54) is 0 Å². The molecule has 0 spiro atoms. The van der Waals surface area contributed by atoms with Crippen LogP contribution in [-0.2, 0) is 6.42 Å². The van der Waals surface area contributed by atoms with Crippen molar-refractivity contribution in [3.05, 3.63) is 64.1 Å². The molecule has 0 bridgehead atoms. The van der Waals surface area contributed by atoms with Gasteiger partial charge in [-0.25, -0.2) is 0 Å². The minimum absolute atomic E-state index is 0.0229. The van der Waals surface area contributed by atoms with E-state index in [0.29, 0.717) is 27.6 Å². The Morgan fingerprint density at radius 1 is 1.21 bits per heavy atom. The molecule has 19 heavy (non-hydrogen) atoms. The summed E-state index contributed by atoms with van der Waals surface area (Å²) in [5.74, 6) is 0.102. The van der Waals surface area contributed by atoms with Crippen molar-refractivity contribution < 1.29 is 9.90 Å². The molecule has 0 saturated carbocycles. The Hall–Kier alpha value is -1.87. The molecule has 3 rings (SSSR count). The second-order valence-corrected chi connectivity index (χ2v) is 5.33. The van der Waals surface area contributed by atoms with Crippen molar-refractivity contribution in [1.82, 2.24) is 0 Å². The van der Waals surface area contributed by atoms with Gasteiger partial charge < -0.3 is 5.11 Å². The lowest BCUT2D eigenvalue weighted by molar-refractivity contribution is 0.104. The first kappa shape index (κ1) is 12.2. The lowest BCUT2D eigenvalue weighted by atomic mass is 9.97. The van der Waals surface area contributed by atoms with E-state index >= 15 is 0 Å². The molecule has 0 aromatic heterocycles. The molecular formula is C16H11BrO2. The average Bonchev–Trinajstić information content (AvgIpc) is 2.69. The fraction of sp³-hybridized carbons (Fsp3) is 0.0625. The predicted octanol–water partition coefficient (Wildman–Crippen LogP) is 4.09. The number of hydrogen-bond acceptors (Lipinski definition) is 2. The zero-order valence-corrected chi connectivity index (χ0v) is 11.7. The van der Waals surface area contributed by atoms with Crippen LogP contribution in [0, 0.1) is 0 Å². The van der Waals surface area contributed by atoms with E-state index in [1.807, 2.05) is 24.3 Å². The van der Waals surface area contributed by atoms with Crippen molar-refractivity contribution in [2.45, 2.75) is 6.42 Å². The van der Waals surface area contributed by atoms with E-state index < -0.39 is 0 Å². The molecule has 0 aliphatic heterocycles. The van der Waals surface area contributed by atoms with E-state index in [0.717, 1.165) is 11.1 Å². The molecule has 2 aromatic carbocycles. The maximum Gasteiger partial charge on any atom is 0.194 e. The molecule has 3 heteroatoms. The van der Waals surface area contributed by atoms with Crippen molar-refractivity contribution >= 4 is 21.7 Å². The zero-order valence-electron chi connectivity index (χ0n) is 10.1. The zero-order chi connectivity index (χ0) is 13.6. The van der Waals surface area contributed by atoms with Gasteiger partial charge in [0, 0.05) is 16.7 Å². The smallest absolute Gasteiger partial charge is 0.194 e.